The molecular weight excluding hydrogens is 253 g/mol. The maximum absolute atomic E-state index is 5.91. The number of nitrogens with two attached hydrogens (primary N) is 1. The Morgan fingerprint density at radius 2 is 2.31 bits per heavy atom. The molecule has 0 heterocycles. The van der Waals surface area contributed by atoms with E-state index in [2.05, 4.69) is 15.9 Å². The number of hydrogen-bond acceptors (Lipinski definition) is 2. The SMILES string of the molecule is CC(CN)Oc1cc(Br)ccc1Cl. The fraction of sp³-hybridized carbons (Fsp3) is 0.333. The van der Waals surface area contributed by atoms with Crippen LogP contribution in [-0.2, 0) is 0 Å². The zero-order valence-corrected chi connectivity index (χ0v) is 9.60. The van der Waals surface area contributed by atoms with Gasteiger partial charge in [0.15, 0.2) is 0 Å². The minimum atomic E-state index is -0.0215. The van der Waals surface area contributed by atoms with Gasteiger partial charge in [0.05, 0.1) is 5.02 Å². The van der Waals surface area contributed by atoms with Gasteiger partial charge in [0.25, 0.3) is 0 Å². The van der Waals surface area contributed by atoms with E-state index in [1.807, 2.05) is 19.1 Å². The fourth-order valence-electron chi connectivity index (χ4n) is 0.832. The number of halogens is 2. The van der Waals surface area contributed by atoms with Crippen molar-refractivity contribution in [1.82, 2.24) is 0 Å². The Morgan fingerprint density at radius 1 is 1.62 bits per heavy atom. The Morgan fingerprint density at radius 3 is 2.92 bits per heavy atom. The van der Waals surface area contributed by atoms with Crippen LogP contribution in [0.3, 0.4) is 0 Å². The summed E-state index contributed by atoms with van der Waals surface area (Å²) in [5.74, 6) is 0.661. The molecule has 0 aromatic heterocycles. The highest BCUT2D eigenvalue weighted by Gasteiger charge is 2.05. The van der Waals surface area contributed by atoms with Gasteiger partial charge < -0.3 is 10.5 Å². The van der Waals surface area contributed by atoms with E-state index in [0.29, 0.717) is 17.3 Å². The van der Waals surface area contributed by atoms with Gasteiger partial charge in [-0.1, -0.05) is 27.5 Å². The molecule has 0 aliphatic carbocycles. The van der Waals surface area contributed by atoms with Crippen LogP contribution >= 0.6 is 27.5 Å². The molecule has 1 unspecified atom stereocenters. The van der Waals surface area contributed by atoms with Crippen molar-refractivity contribution in [2.24, 2.45) is 5.73 Å². The van der Waals surface area contributed by atoms with Crippen LogP contribution in [0, 0.1) is 0 Å². The highest BCUT2D eigenvalue weighted by Crippen LogP contribution is 2.28. The molecule has 1 atom stereocenters. The molecule has 0 aliphatic rings. The summed E-state index contributed by atoms with van der Waals surface area (Å²) in [5.41, 5.74) is 5.43. The predicted octanol–water partition coefficient (Wildman–Crippen LogP) is 2.83. The molecule has 0 saturated carbocycles. The van der Waals surface area contributed by atoms with Crippen molar-refractivity contribution in [2.75, 3.05) is 6.54 Å². The molecular formula is C9H11BrClNO. The van der Waals surface area contributed by atoms with E-state index in [0.717, 1.165) is 4.47 Å². The second-order valence-corrected chi connectivity index (χ2v) is 4.06. The summed E-state index contributed by atoms with van der Waals surface area (Å²) in [5, 5.41) is 0.600. The lowest BCUT2D eigenvalue weighted by molar-refractivity contribution is 0.230. The van der Waals surface area contributed by atoms with Crippen molar-refractivity contribution >= 4 is 27.5 Å². The summed E-state index contributed by atoms with van der Waals surface area (Å²) in [6, 6.07) is 5.47. The molecule has 4 heteroatoms. The molecule has 1 aromatic carbocycles. The summed E-state index contributed by atoms with van der Waals surface area (Å²) >= 11 is 9.25. The van der Waals surface area contributed by atoms with Crippen LogP contribution in [0.1, 0.15) is 6.92 Å². The van der Waals surface area contributed by atoms with E-state index < -0.39 is 0 Å². The Bertz CT molecular complexity index is 293. The molecule has 72 valence electrons. The molecule has 1 rings (SSSR count). The summed E-state index contributed by atoms with van der Waals surface area (Å²) in [4.78, 5) is 0. The van der Waals surface area contributed by atoms with Gasteiger partial charge in [-0.15, -0.1) is 0 Å². The summed E-state index contributed by atoms with van der Waals surface area (Å²) in [7, 11) is 0. The Labute approximate surface area is 91.2 Å². The zero-order valence-electron chi connectivity index (χ0n) is 7.26. The molecule has 0 saturated heterocycles. The van der Waals surface area contributed by atoms with Crippen molar-refractivity contribution in [3.8, 4) is 5.75 Å². The lowest BCUT2D eigenvalue weighted by Gasteiger charge is -2.13. The van der Waals surface area contributed by atoms with E-state index in [1.54, 1.807) is 6.07 Å². The Balaban J connectivity index is 2.81. The van der Waals surface area contributed by atoms with E-state index in [-0.39, 0.29) is 6.10 Å². The van der Waals surface area contributed by atoms with E-state index in [4.69, 9.17) is 22.1 Å². The van der Waals surface area contributed by atoms with Crippen molar-refractivity contribution in [1.29, 1.82) is 0 Å². The minimum Gasteiger partial charge on any atom is -0.488 e. The van der Waals surface area contributed by atoms with Crippen LogP contribution < -0.4 is 10.5 Å². The molecule has 0 aliphatic heterocycles. The molecule has 0 spiro atoms. The maximum Gasteiger partial charge on any atom is 0.139 e. The monoisotopic (exact) mass is 263 g/mol. The van der Waals surface area contributed by atoms with Crippen LogP contribution in [0.4, 0.5) is 0 Å². The number of ether oxygens (including phenoxy) is 1. The van der Waals surface area contributed by atoms with Gasteiger partial charge in [0.2, 0.25) is 0 Å². The third-order valence-electron chi connectivity index (χ3n) is 1.55. The maximum atomic E-state index is 5.91. The molecule has 0 fully saturated rings. The van der Waals surface area contributed by atoms with Crippen LogP contribution in [0.2, 0.25) is 5.02 Å². The van der Waals surface area contributed by atoms with E-state index >= 15 is 0 Å². The summed E-state index contributed by atoms with van der Waals surface area (Å²) in [6.07, 6.45) is -0.0215. The van der Waals surface area contributed by atoms with Crippen molar-refractivity contribution in [3.05, 3.63) is 27.7 Å². The van der Waals surface area contributed by atoms with Gasteiger partial charge in [0, 0.05) is 11.0 Å². The molecule has 13 heavy (non-hydrogen) atoms. The molecule has 1 aromatic rings. The standard InChI is InChI=1S/C9H11BrClNO/c1-6(5-12)13-9-4-7(10)2-3-8(9)11/h2-4,6H,5,12H2,1H3. The quantitative estimate of drug-likeness (QED) is 0.911. The van der Waals surface area contributed by atoms with Crippen molar-refractivity contribution in [3.63, 3.8) is 0 Å². The smallest absolute Gasteiger partial charge is 0.139 e. The Hall–Kier alpha value is -0.250. The highest BCUT2D eigenvalue weighted by molar-refractivity contribution is 9.10. The third kappa shape index (κ3) is 3.18. The second-order valence-electron chi connectivity index (χ2n) is 2.74. The first-order chi connectivity index (χ1) is 6.13. The first kappa shape index (κ1) is 10.8. The van der Waals surface area contributed by atoms with Gasteiger partial charge in [-0.05, 0) is 25.1 Å². The molecule has 0 radical (unpaired) electrons. The van der Waals surface area contributed by atoms with E-state index in [1.165, 1.54) is 0 Å². The van der Waals surface area contributed by atoms with Crippen LogP contribution in [0.25, 0.3) is 0 Å². The number of hydrogen-bond donors (Lipinski definition) is 1. The highest BCUT2D eigenvalue weighted by atomic mass is 79.9. The lowest BCUT2D eigenvalue weighted by atomic mass is 10.3. The minimum absolute atomic E-state index is 0.0215. The number of benzene rings is 1. The molecule has 2 N–H and O–H groups in total. The molecule has 0 amide bonds. The topological polar surface area (TPSA) is 35.2 Å². The van der Waals surface area contributed by atoms with Crippen LogP contribution in [0.5, 0.6) is 5.75 Å². The van der Waals surface area contributed by atoms with Gasteiger partial charge in [-0.2, -0.15) is 0 Å². The normalized spacial score (nSPS) is 12.6. The second kappa shape index (κ2) is 4.84. The summed E-state index contributed by atoms with van der Waals surface area (Å²) < 4.78 is 6.43. The fourth-order valence-corrected chi connectivity index (χ4v) is 1.33. The Kier molecular flexibility index (Phi) is 4.03. The van der Waals surface area contributed by atoms with Crippen LogP contribution in [-0.4, -0.2) is 12.6 Å². The first-order valence-corrected chi connectivity index (χ1v) is 5.12. The largest absolute Gasteiger partial charge is 0.488 e. The van der Waals surface area contributed by atoms with E-state index in [9.17, 15) is 0 Å². The van der Waals surface area contributed by atoms with Crippen LogP contribution in [0.15, 0.2) is 22.7 Å². The molecule has 2 nitrogen and oxygen atoms in total. The number of rotatable bonds is 3. The van der Waals surface area contributed by atoms with Gasteiger partial charge in [-0.3, -0.25) is 0 Å². The average Bonchev–Trinajstić information content (AvgIpc) is 2.11. The lowest BCUT2D eigenvalue weighted by Crippen LogP contribution is -2.22. The third-order valence-corrected chi connectivity index (χ3v) is 2.36. The van der Waals surface area contributed by atoms with Crippen molar-refractivity contribution in [2.45, 2.75) is 13.0 Å². The molecule has 0 bridgehead atoms. The van der Waals surface area contributed by atoms with Gasteiger partial charge in [-0.25, -0.2) is 0 Å². The summed E-state index contributed by atoms with van der Waals surface area (Å²) in [6.45, 7) is 2.38. The van der Waals surface area contributed by atoms with Crippen molar-refractivity contribution < 1.29 is 4.74 Å². The van der Waals surface area contributed by atoms with Gasteiger partial charge >= 0.3 is 0 Å². The average molecular weight is 265 g/mol. The van der Waals surface area contributed by atoms with Gasteiger partial charge in [0.1, 0.15) is 11.9 Å². The zero-order chi connectivity index (χ0) is 9.84. The predicted molar refractivity (Wildman–Crippen MR) is 58.3 cm³/mol. The first-order valence-electron chi connectivity index (χ1n) is 3.95.